The van der Waals surface area contributed by atoms with Gasteiger partial charge in [0.05, 0.1) is 13.1 Å². The third-order valence-electron chi connectivity index (χ3n) is 4.06. The van der Waals surface area contributed by atoms with Gasteiger partial charge in [0, 0.05) is 33.0 Å². The molecular formula is C20H31N5O. The Morgan fingerprint density at radius 1 is 1.31 bits per heavy atom. The molecule has 0 unspecified atom stereocenters. The zero-order chi connectivity index (χ0) is 18.9. The summed E-state index contributed by atoms with van der Waals surface area (Å²) in [5.41, 5.74) is 1.23. The number of nitrogens with one attached hydrogen (secondary N) is 1. The van der Waals surface area contributed by atoms with Gasteiger partial charge in [-0.2, -0.15) is 0 Å². The van der Waals surface area contributed by atoms with Crippen molar-refractivity contribution >= 4 is 5.96 Å². The largest absolute Gasteiger partial charge is 0.492 e. The molecule has 1 N–H and O–H groups in total. The number of aromatic nitrogens is 2. The fraction of sp³-hybridized carbons (Fsp3) is 0.500. The molecule has 0 amide bonds. The van der Waals surface area contributed by atoms with Gasteiger partial charge in [0.15, 0.2) is 5.96 Å². The molecular weight excluding hydrogens is 326 g/mol. The smallest absolute Gasteiger partial charge is 0.193 e. The van der Waals surface area contributed by atoms with Gasteiger partial charge in [-0.25, -0.2) is 4.98 Å². The first-order chi connectivity index (χ1) is 12.5. The number of imidazole rings is 1. The van der Waals surface area contributed by atoms with Crippen molar-refractivity contribution in [2.24, 2.45) is 10.9 Å². The Labute approximate surface area is 156 Å². The van der Waals surface area contributed by atoms with E-state index in [2.05, 4.69) is 57.7 Å². The minimum Gasteiger partial charge on any atom is -0.492 e. The molecule has 6 nitrogen and oxygen atoms in total. The summed E-state index contributed by atoms with van der Waals surface area (Å²) in [5.74, 6) is 3.33. The fourth-order valence-corrected chi connectivity index (χ4v) is 2.65. The van der Waals surface area contributed by atoms with Gasteiger partial charge in [-0.05, 0) is 25.0 Å². The van der Waals surface area contributed by atoms with E-state index < -0.39 is 0 Å². The number of ether oxygens (including phenoxy) is 1. The number of nitrogens with zero attached hydrogens (tertiary/aromatic N) is 4. The summed E-state index contributed by atoms with van der Waals surface area (Å²) >= 11 is 0. The lowest BCUT2D eigenvalue weighted by atomic mass is 10.2. The maximum atomic E-state index is 5.80. The van der Waals surface area contributed by atoms with Crippen LogP contribution in [0.4, 0.5) is 0 Å². The highest BCUT2D eigenvalue weighted by molar-refractivity contribution is 5.79. The Bertz CT molecular complexity index is 690. The van der Waals surface area contributed by atoms with Crippen molar-refractivity contribution in [3.63, 3.8) is 0 Å². The summed E-state index contributed by atoms with van der Waals surface area (Å²) in [6, 6.07) is 8.10. The van der Waals surface area contributed by atoms with Gasteiger partial charge in [-0.15, -0.1) is 0 Å². The fourth-order valence-electron chi connectivity index (χ4n) is 2.65. The molecule has 1 aromatic carbocycles. The summed E-state index contributed by atoms with van der Waals surface area (Å²) in [7, 11) is 3.80. The van der Waals surface area contributed by atoms with E-state index in [1.807, 2.05) is 31.6 Å². The Morgan fingerprint density at radius 3 is 2.69 bits per heavy atom. The van der Waals surface area contributed by atoms with Crippen molar-refractivity contribution in [2.45, 2.75) is 33.9 Å². The van der Waals surface area contributed by atoms with Crippen molar-refractivity contribution in [3.8, 4) is 5.75 Å². The molecule has 0 aliphatic carbocycles. The van der Waals surface area contributed by atoms with Crippen LogP contribution in [-0.2, 0) is 13.1 Å². The monoisotopic (exact) mass is 357 g/mol. The van der Waals surface area contributed by atoms with E-state index >= 15 is 0 Å². The molecule has 0 aliphatic heterocycles. The molecule has 26 heavy (non-hydrogen) atoms. The van der Waals surface area contributed by atoms with Gasteiger partial charge < -0.3 is 19.5 Å². The molecule has 1 heterocycles. The summed E-state index contributed by atoms with van der Waals surface area (Å²) in [6.07, 6.45) is 3.88. The Hall–Kier alpha value is -2.50. The minimum absolute atomic E-state index is 0.587. The number of guanidine groups is 1. The van der Waals surface area contributed by atoms with E-state index in [9.17, 15) is 0 Å². The second-order valence-electron chi connectivity index (χ2n) is 6.87. The molecule has 1 aromatic heterocycles. The molecule has 0 fully saturated rings. The molecule has 2 rings (SSSR count). The van der Waals surface area contributed by atoms with Crippen molar-refractivity contribution < 1.29 is 4.74 Å². The minimum atomic E-state index is 0.587. The van der Waals surface area contributed by atoms with Crippen LogP contribution >= 0.6 is 0 Å². The Balaban J connectivity index is 1.80. The van der Waals surface area contributed by atoms with Crippen LogP contribution in [0.25, 0.3) is 0 Å². The molecule has 6 heteroatoms. The van der Waals surface area contributed by atoms with E-state index in [0.717, 1.165) is 30.6 Å². The maximum absolute atomic E-state index is 5.80. The average molecular weight is 358 g/mol. The first-order valence-corrected chi connectivity index (χ1v) is 9.11. The predicted octanol–water partition coefficient (Wildman–Crippen LogP) is 2.93. The molecule has 0 radical (unpaired) electrons. The average Bonchev–Trinajstić information content (AvgIpc) is 3.03. The zero-order valence-electron chi connectivity index (χ0n) is 16.6. The molecule has 0 saturated heterocycles. The summed E-state index contributed by atoms with van der Waals surface area (Å²) < 4.78 is 7.98. The van der Waals surface area contributed by atoms with Crippen molar-refractivity contribution in [1.29, 1.82) is 0 Å². The van der Waals surface area contributed by atoms with E-state index in [-0.39, 0.29) is 0 Å². The lowest BCUT2D eigenvalue weighted by molar-refractivity contribution is 0.281. The maximum Gasteiger partial charge on any atom is 0.193 e. The number of likely N-dealkylation sites (N-methyl/N-ethyl adjacent to an activating group) is 1. The highest BCUT2D eigenvalue weighted by Gasteiger charge is 2.09. The third-order valence-corrected chi connectivity index (χ3v) is 4.06. The van der Waals surface area contributed by atoms with Crippen molar-refractivity contribution in [2.75, 3.05) is 27.2 Å². The van der Waals surface area contributed by atoms with Crippen LogP contribution in [0.2, 0.25) is 0 Å². The van der Waals surface area contributed by atoms with E-state index in [0.29, 0.717) is 19.1 Å². The SMILES string of the molecule is CN=C(NCc1nccn1CC(C)C)N(C)CCOc1ccc(C)cc1. The summed E-state index contributed by atoms with van der Waals surface area (Å²) in [4.78, 5) is 10.9. The van der Waals surface area contributed by atoms with Crippen LogP contribution in [0.5, 0.6) is 5.75 Å². The lowest BCUT2D eigenvalue weighted by Crippen LogP contribution is -2.40. The van der Waals surface area contributed by atoms with Crippen LogP contribution in [0.1, 0.15) is 25.2 Å². The molecule has 0 saturated carbocycles. The number of rotatable bonds is 8. The standard InChI is InChI=1S/C20H31N5O/c1-16(2)15-25-11-10-22-19(25)14-23-20(21-4)24(5)12-13-26-18-8-6-17(3)7-9-18/h6-11,16H,12-15H2,1-5H3,(H,21,23). The number of benzene rings is 1. The van der Waals surface area contributed by atoms with Crippen LogP contribution in [0.3, 0.4) is 0 Å². The Kier molecular flexibility index (Phi) is 7.51. The highest BCUT2D eigenvalue weighted by Crippen LogP contribution is 2.11. The van der Waals surface area contributed by atoms with Gasteiger partial charge in [-0.3, -0.25) is 4.99 Å². The predicted molar refractivity (Wildman–Crippen MR) is 107 cm³/mol. The first-order valence-electron chi connectivity index (χ1n) is 9.11. The quantitative estimate of drug-likeness (QED) is 0.583. The van der Waals surface area contributed by atoms with E-state index in [1.54, 1.807) is 7.05 Å². The zero-order valence-corrected chi connectivity index (χ0v) is 16.6. The second kappa shape index (κ2) is 9.85. The third kappa shape index (κ3) is 6.10. The van der Waals surface area contributed by atoms with E-state index in [4.69, 9.17) is 4.74 Å². The number of hydrogen-bond donors (Lipinski definition) is 1. The van der Waals surface area contributed by atoms with Gasteiger partial charge in [-0.1, -0.05) is 31.5 Å². The molecule has 2 aromatic rings. The van der Waals surface area contributed by atoms with Gasteiger partial charge in [0.1, 0.15) is 18.2 Å². The number of aliphatic imine (C=N–C) groups is 1. The van der Waals surface area contributed by atoms with Gasteiger partial charge in [0.2, 0.25) is 0 Å². The first kappa shape index (κ1) is 19.8. The molecule has 0 bridgehead atoms. The van der Waals surface area contributed by atoms with Gasteiger partial charge in [0.25, 0.3) is 0 Å². The number of hydrogen-bond acceptors (Lipinski definition) is 3. The highest BCUT2D eigenvalue weighted by atomic mass is 16.5. The van der Waals surface area contributed by atoms with E-state index in [1.165, 1.54) is 5.56 Å². The molecule has 0 atom stereocenters. The molecule has 0 aliphatic rings. The summed E-state index contributed by atoms with van der Waals surface area (Å²) in [5, 5.41) is 3.38. The van der Waals surface area contributed by atoms with Crippen molar-refractivity contribution in [3.05, 3.63) is 48.0 Å². The van der Waals surface area contributed by atoms with Gasteiger partial charge >= 0.3 is 0 Å². The molecule has 0 spiro atoms. The lowest BCUT2D eigenvalue weighted by Gasteiger charge is -2.22. The van der Waals surface area contributed by atoms with Crippen LogP contribution in [0, 0.1) is 12.8 Å². The van der Waals surface area contributed by atoms with Crippen LogP contribution < -0.4 is 10.1 Å². The van der Waals surface area contributed by atoms with Crippen molar-refractivity contribution in [1.82, 2.24) is 19.8 Å². The van der Waals surface area contributed by atoms with Crippen LogP contribution in [0.15, 0.2) is 41.7 Å². The Morgan fingerprint density at radius 2 is 2.04 bits per heavy atom. The topological polar surface area (TPSA) is 54.7 Å². The van der Waals surface area contributed by atoms with Crippen LogP contribution in [-0.4, -0.2) is 47.7 Å². The number of aryl methyl sites for hydroxylation is 1. The summed E-state index contributed by atoms with van der Waals surface area (Å²) in [6.45, 7) is 9.44. The second-order valence-corrected chi connectivity index (χ2v) is 6.87. The molecule has 142 valence electrons. The normalized spacial score (nSPS) is 11.7.